The van der Waals surface area contributed by atoms with E-state index in [4.69, 9.17) is 14.2 Å². The molecule has 1 aromatic carbocycles. The lowest BCUT2D eigenvalue weighted by atomic mass is 10.1. The first-order valence-electron chi connectivity index (χ1n) is 9.29. The average molecular weight is 418 g/mol. The van der Waals surface area contributed by atoms with Crippen molar-refractivity contribution in [2.75, 3.05) is 46.5 Å². The highest BCUT2D eigenvalue weighted by atomic mass is 19.4. The maximum absolute atomic E-state index is 12.4. The molecule has 0 aliphatic carbocycles. The van der Waals surface area contributed by atoms with Gasteiger partial charge in [-0.2, -0.15) is 13.2 Å². The lowest BCUT2D eigenvalue weighted by molar-refractivity contribution is -0.153. The molecule has 10 heteroatoms. The predicted molar refractivity (Wildman–Crippen MR) is 98.0 cm³/mol. The van der Waals surface area contributed by atoms with Crippen molar-refractivity contribution >= 4 is 12.0 Å². The Labute approximate surface area is 167 Å². The lowest BCUT2D eigenvalue weighted by Gasteiger charge is -2.34. The molecule has 0 bridgehead atoms. The first kappa shape index (κ1) is 22.6. The number of rotatable bonds is 7. The van der Waals surface area contributed by atoms with E-state index in [0.717, 1.165) is 5.56 Å². The van der Waals surface area contributed by atoms with Crippen molar-refractivity contribution in [2.45, 2.75) is 25.9 Å². The molecule has 0 aromatic heterocycles. The summed E-state index contributed by atoms with van der Waals surface area (Å²) in [6, 6.07) is 4.58. The Hall–Kier alpha value is -2.65. The molecular weight excluding hydrogens is 393 g/mol. The van der Waals surface area contributed by atoms with Gasteiger partial charge in [-0.15, -0.1) is 0 Å². The highest BCUT2D eigenvalue weighted by molar-refractivity contribution is 5.77. The molecule has 0 atom stereocenters. The molecule has 0 radical (unpaired) electrons. The molecule has 1 fully saturated rings. The fraction of sp³-hybridized carbons (Fsp3) is 0.579. The van der Waals surface area contributed by atoms with Crippen LogP contribution in [0, 0.1) is 0 Å². The van der Waals surface area contributed by atoms with Gasteiger partial charge in [0, 0.05) is 32.6 Å². The molecule has 1 saturated heterocycles. The molecular formula is C19H25F3N2O5. The van der Waals surface area contributed by atoms with E-state index in [1.54, 1.807) is 28.9 Å². The Morgan fingerprint density at radius 1 is 1.07 bits per heavy atom. The number of carbonyl (C=O) groups is 2. The van der Waals surface area contributed by atoms with Gasteiger partial charge in [0.05, 0.1) is 13.7 Å². The number of aryl methyl sites for hydroxylation is 1. The van der Waals surface area contributed by atoms with Crippen LogP contribution < -0.4 is 9.47 Å². The molecule has 162 valence electrons. The van der Waals surface area contributed by atoms with Gasteiger partial charge in [0.25, 0.3) is 0 Å². The summed E-state index contributed by atoms with van der Waals surface area (Å²) >= 11 is 0. The van der Waals surface area contributed by atoms with Gasteiger partial charge in [-0.1, -0.05) is 6.07 Å². The first-order chi connectivity index (χ1) is 13.7. The van der Waals surface area contributed by atoms with Crippen LogP contribution in [0.4, 0.5) is 18.0 Å². The summed E-state index contributed by atoms with van der Waals surface area (Å²) in [4.78, 5) is 27.4. The van der Waals surface area contributed by atoms with Crippen LogP contribution in [0.2, 0.25) is 0 Å². The van der Waals surface area contributed by atoms with E-state index in [1.165, 1.54) is 13.2 Å². The molecule has 7 nitrogen and oxygen atoms in total. The molecule has 0 unspecified atom stereocenters. The number of alkyl halides is 3. The maximum Gasteiger partial charge on any atom is 0.422 e. The molecule has 1 aliphatic rings. The van der Waals surface area contributed by atoms with Gasteiger partial charge < -0.3 is 24.0 Å². The van der Waals surface area contributed by atoms with Crippen LogP contribution in [0.25, 0.3) is 0 Å². The van der Waals surface area contributed by atoms with Crippen LogP contribution in [0.5, 0.6) is 11.5 Å². The average Bonchev–Trinajstić information content (AvgIpc) is 2.70. The van der Waals surface area contributed by atoms with E-state index < -0.39 is 12.8 Å². The number of piperazine rings is 1. The number of halogens is 3. The van der Waals surface area contributed by atoms with E-state index in [1.807, 2.05) is 0 Å². The zero-order chi connectivity index (χ0) is 21.4. The number of hydrogen-bond donors (Lipinski definition) is 0. The van der Waals surface area contributed by atoms with Crippen LogP contribution in [0.3, 0.4) is 0 Å². The molecule has 2 rings (SSSR count). The molecule has 0 saturated carbocycles. The third-order valence-corrected chi connectivity index (χ3v) is 4.41. The van der Waals surface area contributed by atoms with Crippen molar-refractivity contribution in [1.29, 1.82) is 0 Å². The van der Waals surface area contributed by atoms with Gasteiger partial charge in [0.15, 0.2) is 18.1 Å². The lowest BCUT2D eigenvalue weighted by Crippen LogP contribution is -2.50. The summed E-state index contributed by atoms with van der Waals surface area (Å²) in [5, 5.41) is 0. The number of amides is 2. The smallest absolute Gasteiger partial charge is 0.422 e. The number of hydrogen-bond acceptors (Lipinski definition) is 5. The van der Waals surface area contributed by atoms with Crippen molar-refractivity contribution < 1.29 is 37.0 Å². The maximum atomic E-state index is 12.4. The number of methoxy groups -OCH3 is 1. The molecule has 0 spiro atoms. The minimum absolute atomic E-state index is 0.00464. The molecule has 2 amide bonds. The standard InChI is InChI=1S/C19H25F3N2O5/c1-3-28-18(26)24-10-8-23(9-11-24)17(25)7-5-14-4-6-15(16(12-14)27-2)29-13-19(20,21)22/h4,6,12H,3,5,7-11,13H2,1-2H3. The molecule has 1 heterocycles. The Morgan fingerprint density at radius 3 is 2.31 bits per heavy atom. The first-order valence-corrected chi connectivity index (χ1v) is 9.29. The third-order valence-electron chi connectivity index (χ3n) is 4.41. The van der Waals surface area contributed by atoms with E-state index in [9.17, 15) is 22.8 Å². The Kier molecular flexibility index (Phi) is 7.98. The number of carbonyl (C=O) groups excluding carboxylic acids is 2. The predicted octanol–water partition coefficient (Wildman–Crippen LogP) is 2.87. The van der Waals surface area contributed by atoms with E-state index in [-0.39, 0.29) is 29.9 Å². The van der Waals surface area contributed by atoms with Crippen LogP contribution in [-0.4, -0.2) is 74.5 Å². The summed E-state index contributed by atoms with van der Waals surface area (Å²) in [7, 11) is 1.34. The summed E-state index contributed by atoms with van der Waals surface area (Å²) in [5.41, 5.74) is 0.750. The zero-order valence-electron chi connectivity index (χ0n) is 16.5. The minimum Gasteiger partial charge on any atom is -0.493 e. The Balaban J connectivity index is 1.85. The fourth-order valence-corrected chi connectivity index (χ4v) is 2.91. The summed E-state index contributed by atoms with van der Waals surface area (Å²) in [6.07, 6.45) is -4.16. The van der Waals surface area contributed by atoms with Crippen LogP contribution in [0.1, 0.15) is 18.9 Å². The second-order valence-corrected chi connectivity index (χ2v) is 6.46. The quantitative estimate of drug-likeness (QED) is 0.681. The second-order valence-electron chi connectivity index (χ2n) is 6.46. The van der Waals surface area contributed by atoms with E-state index >= 15 is 0 Å². The minimum atomic E-state index is -4.44. The van der Waals surface area contributed by atoms with Crippen molar-refractivity contribution in [3.8, 4) is 11.5 Å². The molecule has 29 heavy (non-hydrogen) atoms. The topological polar surface area (TPSA) is 68.3 Å². The van der Waals surface area contributed by atoms with Crippen LogP contribution >= 0.6 is 0 Å². The van der Waals surface area contributed by atoms with Gasteiger partial charge in [-0.3, -0.25) is 4.79 Å². The summed E-state index contributed by atoms with van der Waals surface area (Å²) < 4.78 is 51.7. The van der Waals surface area contributed by atoms with Gasteiger partial charge in [0.2, 0.25) is 5.91 Å². The van der Waals surface area contributed by atoms with E-state index in [2.05, 4.69) is 0 Å². The summed E-state index contributed by atoms with van der Waals surface area (Å²) in [5.74, 6) is 0.127. The van der Waals surface area contributed by atoms with Crippen molar-refractivity contribution in [3.05, 3.63) is 23.8 Å². The summed E-state index contributed by atoms with van der Waals surface area (Å²) in [6.45, 7) is 2.35. The number of ether oxygens (including phenoxy) is 3. The number of nitrogens with zero attached hydrogens (tertiary/aromatic N) is 2. The van der Waals surface area contributed by atoms with Crippen LogP contribution in [0.15, 0.2) is 18.2 Å². The Bertz CT molecular complexity index is 704. The van der Waals surface area contributed by atoms with Gasteiger partial charge in [0.1, 0.15) is 0 Å². The highest BCUT2D eigenvalue weighted by Gasteiger charge is 2.29. The molecule has 0 N–H and O–H groups in total. The third kappa shape index (κ3) is 7.03. The van der Waals surface area contributed by atoms with E-state index in [0.29, 0.717) is 39.2 Å². The zero-order valence-corrected chi connectivity index (χ0v) is 16.5. The van der Waals surface area contributed by atoms with Gasteiger partial charge in [-0.25, -0.2) is 4.79 Å². The monoisotopic (exact) mass is 418 g/mol. The Morgan fingerprint density at radius 2 is 1.72 bits per heavy atom. The SMILES string of the molecule is CCOC(=O)N1CCN(C(=O)CCc2ccc(OCC(F)(F)F)c(OC)c2)CC1. The normalized spacial score (nSPS) is 14.5. The molecule has 1 aliphatic heterocycles. The molecule has 1 aromatic rings. The van der Waals surface area contributed by atoms with Gasteiger partial charge in [-0.05, 0) is 31.0 Å². The van der Waals surface area contributed by atoms with Crippen LogP contribution in [-0.2, 0) is 16.0 Å². The second kappa shape index (κ2) is 10.2. The van der Waals surface area contributed by atoms with Gasteiger partial charge >= 0.3 is 12.3 Å². The largest absolute Gasteiger partial charge is 0.493 e. The fourth-order valence-electron chi connectivity index (χ4n) is 2.91. The van der Waals surface area contributed by atoms with Crippen molar-refractivity contribution in [3.63, 3.8) is 0 Å². The highest BCUT2D eigenvalue weighted by Crippen LogP contribution is 2.30. The number of benzene rings is 1. The van der Waals surface area contributed by atoms with Crippen molar-refractivity contribution in [1.82, 2.24) is 9.80 Å². The van der Waals surface area contributed by atoms with Crippen molar-refractivity contribution in [2.24, 2.45) is 0 Å².